The topological polar surface area (TPSA) is 52.6 Å². The van der Waals surface area contributed by atoms with Crippen LogP contribution in [0, 0.1) is 0 Å². The summed E-state index contributed by atoms with van der Waals surface area (Å²) >= 11 is 4.84. The number of rotatable bonds is 2. The summed E-state index contributed by atoms with van der Waals surface area (Å²) in [6, 6.07) is 0. The fraction of sp³-hybridized carbons (Fsp3) is 0. The molecule has 8 heteroatoms. The molecular weight excluding hydrogens is 318 g/mol. The molecule has 0 aromatic rings. The third kappa shape index (κ3) is 11.6. The van der Waals surface area contributed by atoms with Gasteiger partial charge in [-0.05, 0) is 0 Å². The number of hydrogen-bond donors (Lipinski definition) is 0. The van der Waals surface area contributed by atoms with Crippen molar-refractivity contribution >= 4 is 104 Å². The number of carbonyl (C=O) groups excluding carboxylic acids is 2. The van der Waals surface area contributed by atoms with E-state index in [4.69, 9.17) is 0 Å². The molecule has 0 saturated heterocycles. The van der Waals surface area contributed by atoms with E-state index in [2.05, 4.69) is 40.2 Å². The van der Waals surface area contributed by atoms with E-state index >= 15 is 0 Å². The molecule has 0 saturated carbocycles. The first-order valence-electron chi connectivity index (χ1n) is 2.04. The van der Waals surface area contributed by atoms with Crippen molar-refractivity contribution in [3.05, 3.63) is 12.2 Å². The fourth-order valence-electron chi connectivity index (χ4n) is 0.188. The molecule has 0 rings (SSSR count). The summed E-state index contributed by atoms with van der Waals surface area (Å²) in [6.07, 6.45) is 1.83. The van der Waals surface area contributed by atoms with Gasteiger partial charge in [0.05, 0.1) is 0 Å². The first kappa shape index (κ1) is 19.2. The molecule has 4 nitrogen and oxygen atoms in total. The fourth-order valence-corrected chi connectivity index (χ4v) is 0.403. The number of halogens is 2. The molecule has 60 valence electrons. The summed E-state index contributed by atoms with van der Waals surface area (Å²) in [5, 5.41) is 0. The zero-order valence-electron chi connectivity index (χ0n) is 4.54. The van der Waals surface area contributed by atoms with Gasteiger partial charge in [-0.2, -0.15) is 0 Å². The molecule has 0 radical (unpaired) electrons. The normalized spacial score (nSPS) is 7.83. The van der Waals surface area contributed by atoms with Crippen molar-refractivity contribution in [3.8, 4) is 0 Å². The molecule has 0 aliphatic heterocycles. The first-order valence-corrected chi connectivity index (χ1v) is 3.33. The molecular formula is C4H4Br2Na2O4. The second kappa shape index (κ2) is 12.6. The summed E-state index contributed by atoms with van der Waals surface area (Å²) in [5.41, 5.74) is 0. The summed E-state index contributed by atoms with van der Waals surface area (Å²) in [7, 11) is 0. The summed E-state index contributed by atoms with van der Waals surface area (Å²) in [6.45, 7) is 0. The first-order chi connectivity index (χ1) is 4.70. The zero-order chi connectivity index (χ0) is 7.98. The number of carbonyl (C=O) groups is 2. The van der Waals surface area contributed by atoms with Crippen LogP contribution in [0.3, 0.4) is 0 Å². The van der Waals surface area contributed by atoms with Gasteiger partial charge in [-0.3, -0.25) is 0 Å². The van der Waals surface area contributed by atoms with Gasteiger partial charge >= 0.3 is 71.1 Å². The Hall–Kier alpha value is 1.64. The van der Waals surface area contributed by atoms with Gasteiger partial charge in [-0.25, -0.2) is 9.59 Å². The molecule has 0 aromatic heterocycles. The zero-order valence-corrected chi connectivity index (χ0v) is 7.72. The average Bonchev–Trinajstić information content (AvgIpc) is 1.99. The van der Waals surface area contributed by atoms with Crippen LogP contribution in [-0.4, -0.2) is 71.1 Å². The van der Waals surface area contributed by atoms with E-state index in [0.717, 1.165) is 12.2 Å². The van der Waals surface area contributed by atoms with E-state index in [1.54, 1.807) is 0 Å². The van der Waals surface area contributed by atoms with E-state index in [-0.39, 0.29) is 59.1 Å². The molecule has 0 aliphatic rings. The summed E-state index contributed by atoms with van der Waals surface area (Å²) in [4.78, 5) is 20.5. The van der Waals surface area contributed by atoms with Gasteiger partial charge in [-0.15, -0.1) is 0 Å². The van der Waals surface area contributed by atoms with Gasteiger partial charge in [-0.1, -0.05) is 0 Å². The van der Waals surface area contributed by atoms with E-state index in [9.17, 15) is 9.59 Å². The quantitative estimate of drug-likeness (QED) is 0.529. The molecule has 0 atom stereocenters. The van der Waals surface area contributed by atoms with Crippen molar-refractivity contribution < 1.29 is 17.2 Å². The maximum absolute atomic E-state index is 10.3. The van der Waals surface area contributed by atoms with E-state index in [0.29, 0.717) is 0 Å². The Morgan fingerprint density at radius 1 is 0.917 bits per heavy atom. The Morgan fingerprint density at radius 2 is 1.17 bits per heavy atom. The molecule has 0 amide bonds. The SMILES string of the molecule is O=C(/C=C\C(=O)OBr)OBr.[NaH].[NaH]. The van der Waals surface area contributed by atoms with E-state index in [1.165, 1.54) is 0 Å². The summed E-state index contributed by atoms with van der Waals surface area (Å²) in [5.74, 6) is -1.36. The molecule has 0 N–H and O–H groups in total. The Morgan fingerprint density at radius 3 is 1.33 bits per heavy atom. The monoisotopic (exact) mass is 320 g/mol. The predicted octanol–water partition coefficient (Wildman–Crippen LogP) is -0.0482. The van der Waals surface area contributed by atoms with Crippen molar-refractivity contribution in [2.45, 2.75) is 0 Å². The Balaban J connectivity index is -0.000000405. The molecule has 0 unspecified atom stereocenters. The van der Waals surface area contributed by atoms with Crippen molar-refractivity contribution in [1.29, 1.82) is 0 Å². The van der Waals surface area contributed by atoms with Crippen LogP contribution < -0.4 is 0 Å². The van der Waals surface area contributed by atoms with Crippen molar-refractivity contribution in [2.24, 2.45) is 0 Å². The second-order valence-electron chi connectivity index (χ2n) is 1.13. The van der Waals surface area contributed by atoms with Crippen LogP contribution >= 0.6 is 32.5 Å². The van der Waals surface area contributed by atoms with Crippen LogP contribution in [-0.2, 0) is 17.2 Å². The minimum atomic E-state index is -0.682. The van der Waals surface area contributed by atoms with Crippen molar-refractivity contribution in [3.63, 3.8) is 0 Å². The predicted molar refractivity (Wildman–Crippen MR) is 53.5 cm³/mol. The third-order valence-corrected chi connectivity index (χ3v) is 1.15. The van der Waals surface area contributed by atoms with E-state index in [1.807, 2.05) is 0 Å². The second-order valence-corrected chi connectivity index (χ2v) is 1.77. The Labute approximate surface area is 131 Å². The third-order valence-electron chi connectivity index (χ3n) is 0.508. The maximum atomic E-state index is 10.3. The molecule has 12 heavy (non-hydrogen) atoms. The Kier molecular flexibility index (Phi) is 20.3. The van der Waals surface area contributed by atoms with Crippen LogP contribution in [0.4, 0.5) is 0 Å². The van der Waals surface area contributed by atoms with Gasteiger partial charge in [0, 0.05) is 12.2 Å². The van der Waals surface area contributed by atoms with Crippen LogP contribution in [0.5, 0.6) is 0 Å². The van der Waals surface area contributed by atoms with Crippen LogP contribution in [0.15, 0.2) is 12.2 Å². The Bertz CT molecular complexity index is 154. The van der Waals surface area contributed by atoms with Crippen molar-refractivity contribution in [1.82, 2.24) is 0 Å². The summed E-state index contributed by atoms with van der Waals surface area (Å²) < 4.78 is 8.02. The van der Waals surface area contributed by atoms with Gasteiger partial charge < -0.3 is 7.66 Å². The van der Waals surface area contributed by atoms with Gasteiger partial charge in [0.1, 0.15) is 0 Å². The van der Waals surface area contributed by atoms with Crippen LogP contribution in [0.2, 0.25) is 0 Å². The van der Waals surface area contributed by atoms with Crippen LogP contribution in [0.1, 0.15) is 0 Å². The molecule has 0 bridgehead atoms. The average molecular weight is 322 g/mol. The van der Waals surface area contributed by atoms with Gasteiger partial charge in [0.25, 0.3) is 0 Å². The van der Waals surface area contributed by atoms with E-state index < -0.39 is 11.9 Å². The number of hydrogen-bond acceptors (Lipinski definition) is 4. The molecule has 0 aliphatic carbocycles. The van der Waals surface area contributed by atoms with Crippen LogP contribution in [0.25, 0.3) is 0 Å². The molecule has 0 fully saturated rings. The molecule has 0 spiro atoms. The molecule has 0 aromatic carbocycles. The van der Waals surface area contributed by atoms with Gasteiger partial charge in [0.15, 0.2) is 32.5 Å². The minimum absolute atomic E-state index is 0. The molecule has 0 heterocycles. The van der Waals surface area contributed by atoms with Gasteiger partial charge in [0.2, 0.25) is 0 Å². The standard InChI is InChI=1S/C4H2Br2O4.2Na.2H/c5-9-3(7)1-2-4(8)10-6;;;;/h1-2H;;;;/b2-1-;;;;. The van der Waals surface area contributed by atoms with Crippen molar-refractivity contribution in [2.75, 3.05) is 0 Å².